The van der Waals surface area contributed by atoms with Crippen LogP contribution in [0.25, 0.3) is 0 Å². The molecule has 0 aliphatic rings. The van der Waals surface area contributed by atoms with Crippen molar-refractivity contribution in [3.8, 4) is 0 Å². The highest BCUT2D eigenvalue weighted by Crippen LogP contribution is 2.14. The van der Waals surface area contributed by atoms with E-state index in [1.807, 2.05) is 0 Å². The number of hydrogen-bond acceptors (Lipinski definition) is 3. The van der Waals surface area contributed by atoms with Crippen LogP contribution in [0, 0.1) is 24.5 Å². The molecule has 0 amide bonds. The Morgan fingerprint density at radius 1 is 1.31 bits per heavy atom. The third-order valence-electron chi connectivity index (χ3n) is 1.46. The molecule has 0 aromatic carbocycles. The van der Waals surface area contributed by atoms with Crippen molar-refractivity contribution < 1.29 is 18.4 Å². The molecule has 0 aliphatic heterocycles. The zero-order chi connectivity index (χ0) is 10.0. The van der Waals surface area contributed by atoms with Crippen LogP contribution in [0.2, 0.25) is 0 Å². The molecule has 0 fully saturated rings. The Morgan fingerprint density at radius 3 is 2.46 bits per heavy atom. The second-order valence-electron chi connectivity index (χ2n) is 2.29. The smallest absolute Gasteiger partial charge is 0.250 e. The van der Waals surface area contributed by atoms with Crippen LogP contribution < -0.4 is 0 Å². The first kappa shape index (κ1) is 9.50. The lowest BCUT2D eigenvalue weighted by molar-refractivity contribution is 0.321. The molecule has 0 radical (unpaired) electrons. The van der Waals surface area contributed by atoms with Crippen molar-refractivity contribution in [3.63, 3.8) is 0 Å². The summed E-state index contributed by atoms with van der Waals surface area (Å²) in [5.74, 6) is -3.81. The van der Waals surface area contributed by atoms with Gasteiger partial charge in [-0.3, -0.25) is 0 Å². The van der Waals surface area contributed by atoms with Crippen LogP contribution in [-0.4, -0.2) is 16.4 Å². The van der Waals surface area contributed by atoms with E-state index in [4.69, 9.17) is 5.21 Å². The zero-order valence-electron chi connectivity index (χ0n) is 6.55. The van der Waals surface area contributed by atoms with Crippen LogP contribution >= 0.6 is 0 Å². The molecule has 70 valence electrons. The highest BCUT2D eigenvalue weighted by Gasteiger charge is 2.15. The van der Waals surface area contributed by atoms with Gasteiger partial charge in [-0.05, 0) is 6.92 Å². The lowest BCUT2D eigenvalue weighted by Crippen LogP contribution is -2.04. The van der Waals surface area contributed by atoms with Crippen LogP contribution in [0.3, 0.4) is 0 Å². The maximum Gasteiger partial charge on any atom is 0.250 e. The molecule has 1 rings (SSSR count). The number of rotatable bonds is 1. The number of nitrogens with zero attached hydrogens (tertiary/aromatic N) is 2. The SMILES string of the molecule is Cc1c(F)c(F)nc(C=NO)c1F. The Morgan fingerprint density at radius 2 is 1.92 bits per heavy atom. The summed E-state index contributed by atoms with van der Waals surface area (Å²) in [5.41, 5.74) is -1.04. The highest BCUT2D eigenvalue weighted by molar-refractivity contribution is 5.76. The first-order valence-electron chi connectivity index (χ1n) is 3.26. The fourth-order valence-corrected chi connectivity index (χ4v) is 0.787. The lowest BCUT2D eigenvalue weighted by Gasteiger charge is -2.01. The van der Waals surface area contributed by atoms with Crippen LogP contribution in [0.15, 0.2) is 5.16 Å². The molecule has 3 nitrogen and oxygen atoms in total. The average molecular weight is 190 g/mol. The quantitative estimate of drug-likeness (QED) is 0.316. The molecule has 0 saturated heterocycles. The fourth-order valence-electron chi connectivity index (χ4n) is 0.787. The van der Waals surface area contributed by atoms with Crippen LogP contribution in [0.1, 0.15) is 11.3 Å². The van der Waals surface area contributed by atoms with Crippen molar-refractivity contribution in [2.45, 2.75) is 6.92 Å². The summed E-state index contributed by atoms with van der Waals surface area (Å²) in [6.07, 6.45) is 0.588. The van der Waals surface area contributed by atoms with Gasteiger partial charge >= 0.3 is 0 Å². The predicted octanol–water partition coefficient (Wildman–Crippen LogP) is 1.62. The Balaban J connectivity index is 3.40. The monoisotopic (exact) mass is 190 g/mol. The summed E-state index contributed by atoms with van der Waals surface area (Å²) in [4.78, 5) is 2.90. The molecular formula is C7H5F3N2O. The molecule has 0 aliphatic carbocycles. The Hall–Kier alpha value is -1.59. The number of oxime groups is 1. The minimum Gasteiger partial charge on any atom is -0.411 e. The van der Waals surface area contributed by atoms with Gasteiger partial charge < -0.3 is 5.21 Å². The van der Waals surface area contributed by atoms with E-state index in [2.05, 4.69) is 10.1 Å². The van der Waals surface area contributed by atoms with Gasteiger partial charge in [0, 0.05) is 5.56 Å². The van der Waals surface area contributed by atoms with Gasteiger partial charge in [0.2, 0.25) is 5.95 Å². The molecule has 1 N–H and O–H groups in total. The number of halogens is 3. The fraction of sp³-hybridized carbons (Fsp3) is 0.143. The van der Waals surface area contributed by atoms with Crippen LogP contribution in [0.4, 0.5) is 13.2 Å². The minimum atomic E-state index is -1.42. The third kappa shape index (κ3) is 1.61. The van der Waals surface area contributed by atoms with Gasteiger partial charge in [0.05, 0.1) is 6.21 Å². The summed E-state index contributed by atoms with van der Waals surface area (Å²) in [6.45, 7) is 1.06. The van der Waals surface area contributed by atoms with Gasteiger partial charge in [-0.15, -0.1) is 0 Å². The molecule has 1 aromatic rings. The molecule has 6 heteroatoms. The lowest BCUT2D eigenvalue weighted by atomic mass is 10.2. The number of hydrogen-bond donors (Lipinski definition) is 1. The van der Waals surface area contributed by atoms with Gasteiger partial charge in [0.25, 0.3) is 0 Å². The topological polar surface area (TPSA) is 45.5 Å². The van der Waals surface area contributed by atoms with E-state index in [0.717, 1.165) is 6.92 Å². The molecule has 0 unspecified atom stereocenters. The maximum atomic E-state index is 13.0. The summed E-state index contributed by atoms with van der Waals surface area (Å²) >= 11 is 0. The first-order chi connectivity index (χ1) is 6.07. The molecule has 1 aromatic heterocycles. The van der Waals surface area contributed by atoms with E-state index in [0.29, 0.717) is 6.21 Å². The molecule has 0 saturated carbocycles. The van der Waals surface area contributed by atoms with E-state index in [9.17, 15) is 13.2 Å². The second-order valence-corrected chi connectivity index (χ2v) is 2.29. The zero-order valence-corrected chi connectivity index (χ0v) is 6.55. The molecule has 0 bridgehead atoms. The van der Waals surface area contributed by atoms with Crippen LogP contribution in [0.5, 0.6) is 0 Å². The molecule has 0 spiro atoms. The van der Waals surface area contributed by atoms with Gasteiger partial charge in [0.1, 0.15) is 5.69 Å². The first-order valence-corrected chi connectivity index (χ1v) is 3.26. The van der Waals surface area contributed by atoms with Crippen molar-refractivity contribution in [1.82, 2.24) is 4.98 Å². The minimum absolute atomic E-state index is 0.498. The summed E-state index contributed by atoms with van der Waals surface area (Å²) < 4.78 is 38.1. The molecular weight excluding hydrogens is 185 g/mol. The third-order valence-corrected chi connectivity index (χ3v) is 1.46. The van der Waals surface area contributed by atoms with E-state index in [-0.39, 0.29) is 0 Å². The number of pyridine rings is 1. The van der Waals surface area contributed by atoms with Crippen molar-refractivity contribution >= 4 is 6.21 Å². The van der Waals surface area contributed by atoms with E-state index < -0.39 is 28.8 Å². The summed E-state index contributed by atoms with van der Waals surface area (Å²) in [7, 11) is 0. The van der Waals surface area contributed by atoms with Crippen molar-refractivity contribution in [2.24, 2.45) is 5.16 Å². The Kier molecular flexibility index (Phi) is 2.50. The van der Waals surface area contributed by atoms with Gasteiger partial charge in [-0.1, -0.05) is 5.16 Å². The van der Waals surface area contributed by atoms with Gasteiger partial charge in [-0.2, -0.15) is 4.39 Å². The van der Waals surface area contributed by atoms with Crippen molar-refractivity contribution in [3.05, 3.63) is 28.8 Å². The summed E-state index contributed by atoms with van der Waals surface area (Å²) in [6, 6.07) is 0. The largest absolute Gasteiger partial charge is 0.411 e. The molecule has 13 heavy (non-hydrogen) atoms. The van der Waals surface area contributed by atoms with E-state index >= 15 is 0 Å². The average Bonchev–Trinajstić information content (AvgIpc) is 2.11. The van der Waals surface area contributed by atoms with Gasteiger partial charge in [-0.25, -0.2) is 13.8 Å². The summed E-state index contributed by atoms with van der Waals surface area (Å²) in [5, 5.41) is 10.5. The molecule has 1 heterocycles. The molecule has 0 atom stereocenters. The Labute approximate surface area is 71.5 Å². The van der Waals surface area contributed by atoms with E-state index in [1.54, 1.807) is 0 Å². The Bertz CT molecular complexity index is 365. The van der Waals surface area contributed by atoms with Crippen LogP contribution in [-0.2, 0) is 0 Å². The highest BCUT2D eigenvalue weighted by atomic mass is 19.2. The number of aromatic nitrogens is 1. The maximum absolute atomic E-state index is 13.0. The standard InChI is InChI=1S/C7H5F3N2O/c1-3-5(8)4(2-11-13)12-7(10)6(3)9/h2,13H,1H3. The predicted molar refractivity (Wildman–Crippen MR) is 38.2 cm³/mol. The van der Waals surface area contributed by atoms with Gasteiger partial charge in [0.15, 0.2) is 11.6 Å². The van der Waals surface area contributed by atoms with E-state index in [1.165, 1.54) is 0 Å². The van der Waals surface area contributed by atoms with Crippen molar-refractivity contribution in [1.29, 1.82) is 0 Å². The van der Waals surface area contributed by atoms with Crippen molar-refractivity contribution in [2.75, 3.05) is 0 Å². The second kappa shape index (κ2) is 3.42. The normalized spacial score (nSPS) is 11.1.